The maximum absolute atomic E-state index is 13.8. The molecule has 0 radical (unpaired) electrons. The number of hydrogen-bond donors (Lipinski definition) is 2. The molecule has 0 saturated carbocycles. The van der Waals surface area contributed by atoms with Gasteiger partial charge in [0.15, 0.2) is 0 Å². The minimum absolute atomic E-state index is 0.0487. The van der Waals surface area contributed by atoms with Gasteiger partial charge in [0.25, 0.3) is 0 Å². The number of hydrogen-bond acceptors (Lipinski definition) is 3. The molecule has 25 heavy (non-hydrogen) atoms. The molecule has 0 aliphatic carbocycles. The van der Waals surface area contributed by atoms with E-state index in [4.69, 9.17) is 0 Å². The van der Waals surface area contributed by atoms with E-state index in [-0.39, 0.29) is 30.3 Å². The van der Waals surface area contributed by atoms with Crippen molar-refractivity contribution in [1.29, 1.82) is 0 Å². The van der Waals surface area contributed by atoms with Crippen LogP contribution in [0.25, 0.3) is 5.69 Å². The highest BCUT2D eigenvalue weighted by molar-refractivity contribution is 5.84. The average molecular weight is 345 g/mol. The Morgan fingerprint density at radius 2 is 2.20 bits per heavy atom. The van der Waals surface area contributed by atoms with Crippen LogP contribution in [0.1, 0.15) is 24.9 Å². The number of nitrogens with zero attached hydrogens (tertiary/aromatic N) is 3. The molecule has 1 aliphatic rings. The Bertz CT molecular complexity index is 776. The number of benzene rings is 1. The minimum Gasteiger partial charge on any atom is -0.354 e. The van der Waals surface area contributed by atoms with Gasteiger partial charge in [0.2, 0.25) is 5.91 Å². The van der Waals surface area contributed by atoms with Gasteiger partial charge in [-0.2, -0.15) is 5.10 Å². The fraction of sp³-hybridized carbons (Fsp3) is 0.353. The average Bonchev–Trinajstić information content (AvgIpc) is 2.97. The molecule has 1 atom stereocenters. The summed E-state index contributed by atoms with van der Waals surface area (Å²) >= 11 is 0. The zero-order valence-electron chi connectivity index (χ0n) is 13.9. The Morgan fingerprint density at radius 3 is 3.00 bits per heavy atom. The van der Waals surface area contributed by atoms with Crippen molar-refractivity contribution in [1.82, 2.24) is 25.3 Å². The van der Waals surface area contributed by atoms with Crippen molar-refractivity contribution in [3.05, 3.63) is 48.0 Å². The molecule has 3 amide bonds. The highest BCUT2D eigenvalue weighted by Gasteiger charge is 2.21. The molecule has 8 heteroatoms. The van der Waals surface area contributed by atoms with Crippen LogP contribution < -0.4 is 10.6 Å². The van der Waals surface area contributed by atoms with E-state index in [1.54, 1.807) is 30.6 Å². The summed E-state index contributed by atoms with van der Waals surface area (Å²) in [5, 5.41) is 9.75. The first-order chi connectivity index (χ1) is 12.0. The van der Waals surface area contributed by atoms with Crippen LogP contribution >= 0.6 is 0 Å². The van der Waals surface area contributed by atoms with E-state index in [2.05, 4.69) is 15.7 Å². The van der Waals surface area contributed by atoms with Crippen LogP contribution in [-0.2, 0) is 4.79 Å². The predicted octanol–water partition coefficient (Wildman–Crippen LogP) is 1.60. The van der Waals surface area contributed by atoms with Gasteiger partial charge >= 0.3 is 6.03 Å². The predicted molar refractivity (Wildman–Crippen MR) is 89.7 cm³/mol. The number of rotatable bonds is 3. The first-order valence-corrected chi connectivity index (χ1v) is 8.16. The van der Waals surface area contributed by atoms with Gasteiger partial charge in [0, 0.05) is 24.8 Å². The van der Waals surface area contributed by atoms with Crippen molar-refractivity contribution in [3.63, 3.8) is 0 Å². The van der Waals surface area contributed by atoms with Gasteiger partial charge in [-0.05, 0) is 25.5 Å². The fourth-order valence-corrected chi connectivity index (χ4v) is 2.67. The molecule has 0 spiro atoms. The first kappa shape index (κ1) is 16.9. The molecule has 3 rings (SSSR count). The second-order valence-corrected chi connectivity index (χ2v) is 5.97. The molecule has 0 bridgehead atoms. The van der Waals surface area contributed by atoms with Crippen LogP contribution in [0.3, 0.4) is 0 Å². The standard InChI is InChI=1S/C17H20FN5O2/c1-12(21-17(25)22-8-4-7-19-16(24)11-22)13-9-20-23(10-13)15-6-3-2-5-14(15)18/h2-3,5-6,9-10,12H,4,7-8,11H2,1H3,(H,19,24)(H,21,25). The molecule has 7 nitrogen and oxygen atoms in total. The smallest absolute Gasteiger partial charge is 0.318 e. The highest BCUT2D eigenvalue weighted by Crippen LogP contribution is 2.17. The maximum atomic E-state index is 13.8. The zero-order valence-corrected chi connectivity index (χ0v) is 13.9. The number of amides is 3. The quantitative estimate of drug-likeness (QED) is 0.887. The molecule has 1 aromatic heterocycles. The summed E-state index contributed by atoms with van der Waals surface area (Å²) < 4.78 is 15.3. The van der Waals surface area contributed by atoms with E-state index in [9.17, 15) is 14.0 Å². The molecule has 1 aromatic carbocycles. The molecule has 1 aliphatic heterocycles. The Morgan fingerprint density at radius 1 is 1.40 bits per heavy atom. The molecule has 1 saturated heterocycles. The third-order valence-electron chi connectivity index (χ3n) is 4.09. The number of para-hydroxylation sites is 1. The molecule has 1 unspecified atom stereocenters. The summed E-state index contributed by atoms with van der Waals surface area (Å²) in [4.78, 5) is 25.4. The summed E-state index contributed by atoms with van der Waals surface area (Å²) in [6.07, 6.45) is 3.99. The fourth-order valence-electron chi connectivity index (χ4n) is 2.67. The van der Waals surface area contributed by atoms with Gasteiger partial charge in [-0.1, -0.05) is 12.1 Å². The van der Waals surface area contributed by atoms with Crippen LogP contribution in [0.15, 0.2) is 36.7 Å². The monoisotopic (exact) mass is 345 g/mol. The number of aromatic nitrogens is 2. The second-order valence-electron chi connectivity index (χ2n) is 5.97. The number of nitrogens with one attached hydrogen (secondary N) is 2. The number of carbonyl (C=O) groups is 2. The van der Waals surface area contributed by atoms with Crippen molar-refractivity contribution >= 4 is 11.9 Å². The van der Waals surface area contributed by atoms with E-state index in [0.29, 0.717) is 18.8 Å². The number of carbonyl (C=O) groups excluding carboxylic acids is 2. The van der Waals surface area contributed by atoms with Crippen molar-refractivity contribution in [2.45, 2.75) is 19.4 Å². The van der Waals surface area contributed by atoms with Crippen LogP contribution in [-0.4, -0.2) is 46.3 Å². The van der Waals surface area contributed by atoms with Crippen molar-refractivity contribution in [3.8, 4) is 5.69 Å². The van der Waals surface area contributed by atoms with Crippen LogP contribution in [0.5, 0.6) is 0 Å². The molecule has 1 fully saturated rings. The first-order valence-electron chi connectivity index (χ1n) is 8.16. The second kappa shape index (κ2) is 7.33. The maximum Gasteiger partial charge on any atom is 0.318 e. The largest absolute Gasteiger partial charge is 0.354 e. The van der Waals surface area contributed by atoms with Crippen molar-refractivity contribution < 1.29 is 14.0 Å². The molecule has 132 valence electrons. The normalized spacial score (nSPS) is 16.1. The lowest BCUT2D eigenvalue weighted by molar-refractivity contribution is -0.121. The topological polar surface area (TPSA) is 79.3 Å². The third-order valence-corrected chi connectivity index (χ3v) is 4.09. The Labute approximate surface area is 144 Å². The molecular weight excluding hydrogens is 325 g/mol. The molecule has 2 N–H and O–H groups in total. The molecular formula is C17H20FN5O2. The Kier molecular flexibility index (Phi) is 4.97. The molecule has 2 aromatic rings. The number of halogens is 1. The van der Waals surface area contributed by atoms with Crippen LogP contribution in [0.2, 0.25) is 0 Å². The summed E-state index contributed by atoms with van der Waals surface area (Å²) in [6, 6.07) is 5.72. The summed E-state index contributed by atoms with van der Waals surface area (Å²) in [5.74, 6) is -0.530. The van der Waals surface area contributed by atoms with Gasteiger partial charge in [-0.15, -0.1) is 0 Å². The lowest BCUT2D eigenvalue weighted by Gasteiger charge is -2.22. The van der Waals surface area contributed by atoms with Gasteiger partial charge in [-0.25, -0.2) is 13.9 Å². The van der Waals surface area contributed by atoms with Gasteiger partial charge in [0.05, 0.1) is 12.2 Å². The minimum atomic E-state index is -0.371. The zero-order chi connectivity index (χ0) is 17.8. The summed E-state index contributed by atoms with van der Waals surface area (Å²) in [7, 11) is 0. The van der Waals surface area contributed by atoms with Gasteiger partial charge in [0.1, 0.15) is 18.0 Å². The van der Waals surface area contributed by atoms with Crippen molar-refractivity contribution in [2.24, 2.45) is 0 Å². The van der Waals surface area contributed by atoms with E-state index < -0.39 is 0 Å². The highest BCUT2D eigenvalue weighted by atomic mass is 19.1. The van der Waals surface area contributed by atoms with E-state index in [1.807, 2.05) is 6.92 Å². The lowest BCUT2D eigenvalue weighted by Crippen LogP contribution is -2.44. The summed E-state index contributed by atoms with van der Waals surface area (Å²) in [5.41, 5.74) is 1.09. The Hall–Kier alpha value is -2.90. The number of urea groups is 1. The van der Waals surface area contributed by atoms with E-state index in [1.165, 1.54) is 15.6 Å². The van der Waals surface area contributed by atoms with Crippen LogP contribution in [0.4, 0.5) is 9.18 Å². The van der Waals surface area contributed by atoms with Crippen LogP contribution in [0, 0.1) is 5.82 Å². The molecule has 2 heterocycles. The SMILES string of the molecule is CC(NC(=O)N1CCCNC(=O)C1)c1cnn(-c2ccccc2F)c1. The van der Waals surface area contributed by atoms with Gasteiger partial charge < -0.3 is 15.5 Å². The van der Waals surface area contributed by atoms with Crippen molar-refractivity contribution in [2.75, 3.05) is 19.6 Å². The van der Waals surface area contributed by atoms with E-state index in [0.717, 1.165) is 12.0 Å². The summed E-state index contributed by atoms with van der Waals surface area (Å²) in [6.45, 7) is 2.96. The van der Waals surface area contributed by atoms with E-state index >= 15 is 0 Å². The van der Waals surface area contributed by atoms with Gasteiger partial charge in [-0.3, -0.25) is 4.79 Å². The Balaban J connectivity index is 1.67. The third kappa shape index (κ3) is 3.96. The lowest BCUT2D eigenvalue weighted by atomic mass is 10.2.